The van der Waals surface area contributed by atoms with Crippen LogP contribution in [0, 0.1) is 11.8 Å². The highest BCUT2D eigenvalue weighted by Crippen LogP contribution is 2.38. The summed E-state index contributed by atoms with van der Waals surface area (Å²) in [4.78, 5) is 14.8. The first kappa shape index (κ1) is 17.0. The number of carbonyl (C=O) groups excluding carboxylic acids is 1. The molecule has 3 N–H and O–H groups in total. The number of nitrogens with zero attached hydrogens (tertiary/aromatic N) is 2. The molecule has 1 saturated carbocycles. The fourth-order valence-electron chi connectivity index (χ4n) is 4.14. The lowest BCUT2D eigenvalue weighted by Crippen LogP contribution is -2.33. The Labute approximate surface area is 149 Å². The summed E-state index contributed by atoms with van der Waals surface area (Å²) in [5.74, 6) is 0.742. The van der Waals surface area contributed by atoms with Gasteiger partial charge in [-0.05, 0) is 36.8 Å². The quantitative estimate of drug-likeness (QED) is 0.875. The van der Waals surface area contributed by atoms with Gasteiger partial charge in [0, 0.05) is 24.7 Å². The third-order valence-corrected chi connectivity index (χ3v) is 5.42. The van der Waals surface area contributed by atoms with E-state index >= 15 is 0 Å². The third kappa shape index (κ3) is 3.05. The van der Waals surface area contributed by atoms with Gasteiger partial charge in [-0.15, -0.1) is 0 Å². The molecule has 3 atom stereocenters. The first-order chi connectivity index (χ1) is 12.5. The van der Waals surface area contributed by atoms with Crippen LogP contribution in [0.5, 0.6) is 5.75 Å². The summed E-state index contributed by atoms with van der Waals surface area (Å²) in [5.41, 5.74) is 7.64. The lowest BCUT2D eigenvalue weighted by molar-refractivity contribution is -0.0498. The Morgan fingerprint density at radius 1 is 1.35 bits per heavy atom. The number of likely N-dealkylation sites (tertiary alicyclic amines) is 1. The number of aromatic nitrogens is 2. The zero-order valence-corrected chi connectivity index (χ0v) is 14.1. The normalized spacial score (nSPS) is 24.9. The summed E-state index contributed by atoms with van der Waals surface area (Å²) in [5, 5.41) is 6.78. The maximum atomic E-state index is 13.0. The Morgan fingerprint density at radius 3 is 2.96 bits per heavy atom. The van der Waals surface area contributed by atoms with Crippen molar-refractivity contribution in [3.05, 3.63) is 36.0 Å². The lowest BCUT2D eigenvalue weighted by Gasteiger charge is -2.18. The van der Waals surface area contributed by atoms with E-state index < -0.39 is 6.61 Å². The number of fused-ring (bicyclic) bond motifs is 1. The van der Waals surface area contributed by atoms with Gasteiger partial charge in [0.25, 0.3) is 5.91 Å². The molecule has 0 spiro atoms. The molecule has 1 aromatic carbocycles. The van der Waals surface area contributed by atoms with Crippen LogP contribution >= 0.6 is 0 Å². The zero-order chi connectivity index (χ0) is 18.3. The number of ether oxygens (including phenoxy) is 1. The summed E-state index contributed by atoms with van der Waals surface area (Å²) in [7, 11) is 0. The second-order valence-electron chi connectivity index (χ2n) is 6.94. The first-order valence-electron chi connectivity index (χ1n) is 8.66. The van der Waals surface area contributed by atoms with Gasteiger partial charge in [0.1, 0.15) is 5.75 Å². The Balaban J connectivity index is 1.57. The smallest absolute Gasteiger partial charge is 0.387 e. The highest BCUT2D eigenvalue weighted by molar-refractivity contribution is 6.00. The monoisotopic (exact) mass is 362 g/mol. The molecule has 2 aromatic rings. The van der Waals surface area contributed by atoms with Crippen LogP contribution in [0.3, 0.4) is 0 Å². The molecule has 0 radical (unpaired) electrons. The van der Waals surface area contributed by atoms with Crippen LogP contribution in [-0.4, -0.2) is 46.7 Å². The van der Waals surface area contributed by atoms with Crippen molar-refractivity contribution in [2.24, 2.45) is 17.6 Å². The van der Waals surface area contributed by atoms with Gasteiger partial charge in [-0.1, -0.05) is 12.1 Å². The van der Waals surface area contributed by atoms with Crippen molar-refractivity contribution in [1.82, 2.24) is 15.1 Å². The Morgan fingerprint density at radius 2 is 2.19 bits per heavy atom. The molecule has 26 heavy (non-hydrogen) atoms. The van der Waals surface area contributed by atoms with E-state index in [9.17, 15) is 13.6 Å². The molecule has 4 rings (SSSR count). The van der Waals surface area contributed by atoms with Crippen molar-refractivity contribution in [2.75, 3.05) is 13.1 Å². The summed E-state index contributed by atoms with van der Waals surface area (Å²) in [6.07, 6.45) is 3.55. The Kier molecular flexibility index (Phi) is 4.36. The summed E-state index contributed by atoms with van der Waals surface area (Å²) < 4.78 is 29.3. The number of H-pyrrole nitrogens is 1. The van der Waals surface area contributed by atoms with E-state index in [1.54, 1.807) is 12.1 Å². The van der Waals surface area contributed by atoms with E-state index in [0.29, 0.717) is 41.7 Å². The van der Waals surface area contributed by atoms with Gasteiger partial charge in [-0.25, -0.2) is 0 Å². The van der Waals surface area contributed by atoms with Gasteiger partial charge in [0.15, 0.2) is 0 Å². The minimum Gasteiger partial charge on any atom is -0.435 e. The van der Waals surface area contributed by atoms with E-state index in [-0.39, 0.29) is 17.7 Å². The number of amides is 1. The van der Waals surface area contributed by atoms with Crippen molar-refractivity contribution in [3.63, 3.8) is 0 Å². The zero-order valence-electron chi connectivity index (χ0n) is 14.1. The van der Waals surface area contributed by atoms with Crippen LogP contribution in [0.25, 0.3) is 11.3 Å². The van der Waals surface area contributed by atoms with Crippen molar-refractivity contribution >= 4 is 5.91 Å². The molecular weight excluding hydrogens is 342 g/mol. The predicted molar refractivity (Wildman–Crippen MR) is 90.7 cm³/mol. The van der Waals surface area contributed by atoms with Crippen molar-refractivity contribution in [1.29, 1.82) is 0 Å². The van der Waals surface area contributed by atoms with Crippen LogP contribution in [0.1, 0.15) is 23.2 Å². The molecule has 1 aromatic heterocycles. The van der Waals surface area contributed by atoms with Gasteiger partial charge < -0.3 is 15.4 Å². The summed E-state index contributed by atoms with van der Waals surface area (Å²) in [6, 6.07) is 6.38. The van der Waals surface area contributed by atoms with Crippen molar-refractivity contribution in [2.45, 2.75) is 25.5 Å². The number of aromatic amines is 1. The molecule has 1 aliphatic heterocycles. The minimum atomic E-state index is -2.90. The Bertz CT molecular complexity index is 810. The van der Waals surface area contributed by atoms with Crippen LogP contribution in [0.4, 0.5) is 8.78 Å². The molecule has 3 unspecified atom stereocenters. The van der Waals surface area contributed by atoms with Crippen LogP contribution in [-0.2, 0) is 0 Å². The molecule has 6 nitrogen and oxygen atoms in total. The van der Waals surface area contributed by atoms with Gasteiger partial charge in [-0.2, -0.15) is 13.9 Å². The van der Waals surface area contributed by atoms with Crippen molar-refractivity contribution < 1.29 is 18.3 Å². The summed E-state index contributed by atoms with van der Waals surface area (Å²) >= 11 is 0. The number of nitrogens with two attached hydrogens (primary N) is 1. The van der Waals surface area contributed by atoms with Crippen LogP contribution in [0.2, 0.25) is 0 Å². The number of hydrogen-bond donors (Lipinski definition) is 2. The second-order valence-corrected chi connectivity index (χ2v) is 6.94. The number of hydrogen-bond acceptors (Lipinski definition) is 4. The molecule has 1 saturated heterocycles. The SMILES string of the molecule is NC1CCC2CN(C(=O)c3cn[nH]c3-c3cccc(OC(F)F)c3)CC12. The standard InChI is InChI=1S/C18H20F2N4O2/c19-18(20)26-12-3-1-2-10(6-12)16-13(7-22-23-16)17(25)24-8-11-4-5-15(21)14(11)9-24/h1-3,6-7,11,14-15,18H,4-5,8-9,21H2,(H,22,23). The average Bonchev–Trinajstić information content (AvgIpc) is 3.31. The Hall–Kier alpha value is -2.48. The van der Waals surface area contributed by atoms with E-state index in [0.717, 1.165) is 12.8 Å². The lowest BCUT2D eigenvalue weighted by atomic mass is 9.98. The van der Waals surface area contributed by atoms with Gasteiger partial charge in [-0.3, -0.25) is 9.89 Å². The van der Waals surface area contributed by atoms with Crippen LogP contribution < -0.4 is 10.5 Å². The molecule has 8 heteroatoms. The predicted octanol–water partition coefficient (Wildman–Crippen LogP) is 2.49. The van der Waals surface area contributed by atoms with Crippen molar-refractivity contribution in [3.8, 4) is 17.0 Å². The first-order valence-corrected chi connectivity index (χ1v) is 8.66. The highest BCUT2D eigenvalue weighted by Gasteiger charge is 2.43. The number of rotatable bonds is 4. The van der Waals surface area contributed by atoms with E-state index in [1.165, 1.54) is 18.3 Å². The number of halogens is 2. The molecule has 1 aliphatic carbocycles. The minimum absolute atomic E-state index is 0.0344. The number of benzene rings is 1. The third-order valence-electron chi connectivity index (χ3n) is 5.42. The molecule has 138 valence electrons. The molecule has 2 fully saturated rings. The fraction of sp³-hybridized carbons (Fsp3) is 0.444. The van der Waals surface area contributed by atoms with Gasteiger partial charge in [0.2, 0.25) is 0 Å². The summed E-state index contributed by atoms with van der Waals surface area (Å²) in [6.45, 7) is -1.54. The molecule has 1 amide bonds. The molecular formula is C18H20F2N4O2. The van der Waals surface area contributed by atoms with E-state index in [1.807, 2.05) is 4.90 Å². The van der Waals surface area contributed by atoms with Crippen LogP contribution in [0.15, 0.2) is 30.5 Å². The highest BCUT2D eigenvalue weighted by atomic mass is 19.3. The van der Waals surface area contributed by atoms with E-state index in [4.69, 9.17) is 5.73 Å². The number of alkyl halides is 2. The van der Waals surface area contributed by atoms with Gasteiger partial charge in [0.05, 0.1) is 17.5 Å². The van der Waals surface area contributed by atoms with Gasteiger partial charge >= 0.3 is 6.61 Å². The van der Waals surface area contributed by atoms with E-state index in [2.05, 4.69) is 14.9 Å². The maximum Gasteiger partial charge on any atom is 0.387 e. The second kappa shape index (κ2) is 6.68. The largest absolute Gasteiger partial charge is 0.435 e. The molecule has 2 aliphatic rings. The topological polar surface area (TPSA) is 84.2 Å². The number of carbonyl (C=O) groups is 1. The average molecular weight is 362 g/mol. The number of nitrogens with one attached hydrogen (secondary N) is 1. The fourth-order valence-corrected chi connectivity index (χ4v) is 4.14. The molecule has 0 bridgehead atoms. The maximum absolute atomic E-state index is 13.0. The molecule has 2 heterocycles.